The summed E-state index contributed by atoms with van der Waals surface area (Å²) in [6, 6.07) is 3.51. The third-order valence-electron chi connectivity index (χ3n) is 2.66. The lowest BCUT2D eigenvalue weighted by atomic mass is 10.2. The molecule has 0 atom stereocenters. The highest BCUT2D eigenvalue weighted by molar-refractivity contribution is 5.77. The second-order valence-electron chi connectivity index (χ2n) is 4.14. The summed E-state index contributed by atoms with van der Waals surface area (Å²) in [4.78, 5) is 30.6. The third kappa shape index (κ3) is 3.78. The van der Waals surface area contributed by atoms with Gasteiger partial charge in [-0.05, 0) is 18.6 Å². The molecule has 0 aliphatic heterocycles. The van der Waals surface area contributed by atoms with Crippen molar-refractivity contribution in [3.8, 4) is 0 Å². The molecule has 0 bridgehead atoms. The van der Waals surface area contributed by atoms with Crippen molar-refractivity contribution in [2.24, 2.45) is 0 Å². The van der Waals surface area contributed by atoms with E-state index in [1.165, 1.54) is 7.11 Å². The number of pyridine rings is 1. The van der Waals surface area contributed by atoms with Crippen LogP contribution in [0.5, 0.6) is 0 Å². The maximum Gasteiger partial charge on any atom is 0.305 e. The average molecular weight is 277 g/mol. The molecule has 2 aromatic heterocycles. The van der Waals surface area contributed by atoms with Crippen molar-refractivity contribution in [3.63, 3.8) is 0 Å². The number of carbonyl (C=O) groups is 2. The molecular weight excluding hydrogens is 262 g/mol. The molecule has 0 saturated heterocycles. The molecule has 106 valence electrons. The van der Waals surface area contributed by atoms with Gasteiger partial charge in [0.25, 0.3) is 0 Å². The zero-order valence-electron chi connectivity index (χ0n) is 11.1. The Hall–Kier alpha value is -2.44. The van der Waals surface area contributed by atoms with Gasteiger partial charge in [0.05, 0.1) is 13.7 Å². The maximum absolute atomic E-state index is 11.6. The summed E-state index contributed by atoms with van der Waals surface area (Å²) in [5.41, 5.74) is 1.10. The van der Waals surface area contributed by atoms with Crippen molar-refractivity contribution in [2.75, 3.05) is 7.11 Å². The molecule has 0 saturated carbocycles. The Morgan fingerprint density at radius 2 is 2.25 bits per heavy atom. The fraction of sp³-hybridized carbons (Fsp3) is 0.385. The van der Waals surface area contributed by atoms with Crippen LogP contribution in [0.15, 0.2) is 22.7 Å². The van der Waals surface area contributed by atoms with E-state index >= 15 is 0 Å². The third-order valence-corrected chi connectivity index (χ3v) is 2.66. The molecule has 2 heterocycles. The Kier molecular flexibility index (Phi) is 4.65. The monoisotopic (exact) mass is 277 g/mol. The minimum absolute atomic E-state index is 0.163. The van der Waals surface area contributed by atoms with Crippen LogP contribution in [0.1, 0.15) is 25.2 Å². The van der Waals surface area contributed by atoms with E-state index in [2.05, 4.69) is 20.0 Å². The zero-order chi connectivity index (χ0) is 14.4. The number of oxazole rings is 1. The summed E-state index contributed by atoms with van der Waals surface area (Å²) in [6.07, 6.45) is 2.57. The van der Waals surface area contributed by atoms with Crippen molar-refractivity contribution in [3.05, 3.63) is 24.2 Å². The SMILES string of the molecule is COC(=O)CCCC(=O)NCc1nc2ncccc2o1. The number of esters is 1. The summed E-state index contributed by atoms with van der Waals surface area (Å²) in [5, 5.41) is 2.68. The first-order valence-corrected chi connectivity index (χ1v) is 6.23. The summed E-state index contributed by atoms with van der Waals surface area (Å²) in [7, 11) is 1.32. The van der Waals surface area contributed by atoms with Gasteiger partial charge < -0.3 is 14.5 Å². The van der Waals surface area contributed by atoms with Crippen LogP contribution >= 0.6 is 0 Å². The molecule has 2 aromatic rings. The molecule has 1 N–H and O–H groups in total. The molecular formula is C13H15N3O4. The highest BCUT2D eigenvalue weighted by Crippen LogP contribution is 2.11. The Balaban J connectivity index is 1.77. The van der Waals surface area contributed by atoms with Gasteiger partial charge in [0.2, 0.25) is 11.8 Å². The number of fused-ring (bicyclic) bond motifs is 1. The summed E-state index contributed by atoms with van der Waals surface area (Å²) in [6.45, 7) is 0.202. The largest absolute Gasteiger partial charge is 0.469 e. The van der Waals surface area contributed by atoms with Crippen molar-refractivity contribution < 1.29 is 18.7 Å². The number of ether oxygens (including phenoxy) is 1. The van der Waals surface area contributed by atoms with Gasteiger partial charge in [-0.3, -0.25) is 9.59 Å². The second kappa shape index (κ2) is 6.65. The molecule has 0 radical (unpaired) electrons. The molecule has 0 fully saturated rings. The van der Waals surface area contributed by atoms with Crippen molar-refractivity contribution in [1.82, 2.24) is 15.3 Å². The highest BCUT2D eigenvalue weighted by atomic mass is 16.5. The molecule has 0 spiro atoms. The van der Waals surface area contributed by atoms with Gasteiger partial charge in [-0.15, -0.1) is 0 Å². The number of aromatic nitrogens is 2. The number of carbonyl (C=O) groups excluding carboxylic acids is 2. The van der Waals surface area contributed by atoms with Crippen LogP contribution in [0, 0.1) is 0 Å². The smallest absolute Gasteiger partial charge is 0.305 e. The van der Waals surface area contributed by atoms with E-state index < -0.39 is 0 Å². The Morgan fingerprint density at radius 1 is 1.40 bits per heavy atom. The quantitative estimate of drug-likeness (QED) is 0.797. The lowest BCUT2D eigenvalue weighted by molar-refractivity contribution is -0.140. The van der Waals surface area contributed by atoms with Gasteiger partial charge >= 0.3 is 5.97 Å². The normalized spacial score (nSPS) is 10.4. The number of rotatable bonds is 6. The summed E-state index contributed by atoms with van der Waals surface area (Å²) >= 11 is 0. The van der Waals surface area contributed by atoms with E-state index in [1.54, 1.807) is 18.3 Å². The van der Waals surface area contributed by atoms with Gasteiger partial charge in [-0.25, -0.2) is 4.98 Å². The van der Waals surface area contributed by atoms with E-state index in [9.17, 15) is 9.59 Å². The van der Waals surface area contributed by atoms with Crippen LogP contribution in [0.2, 0.25) is 0 Å². The zero-order valence-corrected chi connectivity index (χ0v) is 11.1. The van der Waals surface area contributed by atoms with Crippen LogP contribution in [-0.2, 0) is 20.9 Å². The minimum atomic E-state index is -0.317. The maximum atomic E-state index is 11.6. The molecule has 20 heavy (non-hydrogen) atoms. The van der Waals surface area contributed by atoms with Crippen molar-refractivity contribution >= 4 is 23.1 Å². The number of nitrogens with zero attached hydrogens (tertiary/aromatic N) is 2. The van der Waals surface area contributed by atoms with Gasteiger partial charge in [-0.2, -0.15) is 4.98 Å². The van der Waals surface area contributed by atoms with Crippen LogP contribution in [0.4, 0.5) is 0 Å². The summed E-state index contributed by atoms with van der Waals surface area (Å²) in [5.74, 6) is -0.0769. The first-order chi connectivity index (χ1) is 9.69. The summed E-state index contributed by atoms with van der Waals surface area (Å²) < 4.78 is 9.91. The Labute approximate surface area is 115 Å². The number of amides is 1. The van der Waals surface area contributed by atoms with Crippen molar-refractivity contribution in [2.45, 2.75) is 25.8 Å². The predicted octanol–water partition coefficient (Wildman–Crippen LogP) is 1.18. The van der Waals surface area contributed by atoms with E-state index in [-0.39, 0.29) is 31.3 Å². The lowest BCUT2D eigenvalue weighted by Gasteiger charge is -2.02. The molecule has 2 rings (SSSR count). The van der Waals surface area contributed by atoms with E-state index in [0.29, 0.717) is 23.5 Å². The molecule has 0 aromatic carbocycles. The average Bonchev–Trinajstić information content (AvgIpc) is 2.87. The fourth-order valence-electron chi connectivity index (χ4n) is 1.65. The first-order valence-electron chi connectivity index (χ1n) is 6.23. The molecule has 0 aliphatic rings. The van der Waals surface area contributed by atoms with E-state index in [0.717, 1.165) is 0 Å². The van der Waals surface area contributed by atoms with Crippen molar-refractivity contribution in [1.29, 1.82) is 0 Å². The first kappa shape index (κ1) is 14.0. The number of methoxy groups -OCH3 is 1. The van der Waals surface area contributed by atoms with Crippen LogP contribution < -0.4 is 5.32 Å². The van der Waals surface area contributed by atoms with Gasteiger partial charge in [0, 0.05) is 19.0 Å². The van der Waals surface area contributed by atoms with Crippen LogP contribution in [0.25, 0.3) is 11.2 Å². The molecule has 7 nitrogen and oxygen atoms in total. The number of hydrogen-bond acceptors (Lipinski definition) is 6. The second-order valence-corrected chi connectivity index (χ2v) is 4.14. The minimum Gasteiger partial charge on any atom is -0.469 e. The highest BCUT2D eigenvalue weighted by Gasteiger charge is 2.08. The molecule has 7 heteroatoms. The topological polar surface area (TPSA) is 94.3 Å². The van der Waals surface area contributed by atoms with Gasteiger partial charge in [0.15, 0.2) is 11.2 Å². The Morgan fingerprint density at radius 3 is 3.00 bits per heavy atom. The predicted molar refractivity (Wildman–Crippen MR) is 69.5 cm³/mol. The number of nitrogens with one attached hydrogen (secondary N) is 1. The van der Waals surface area contributed by atoms with E-state index in [1.807, 2.05) is 0 Å². The van der Waals surface area contributed by atoms with E-state index in [4.69, 9.17) is 4.42 Å². The van der Waals surface area contributed by atoms with Gasteiger partial charge in [-0.1, -0.05) is 0 Å². The van der Waals surface area contributed by atoms with Crippen LogP contribution in [0.3, 0.4) is 0 Å². The molecule has 0 unspecified atom stereocenters. The molecule has 1 amide bonds. The van der Waals surface area contributed by atoms with Gasteiger partial charge in [0.1, 0.15) is 0 Å². The Bertz CT molecular complexity index is 575. The standard InChI is InChI=1S/C13H15N3O4/c1-19-12(18)6-2-5-10(17)15-8-11-16-13-9(20-11)4-3-7-14-13/h3-4,7H,2,5-6,8H2,1H3,(H,15,17). The van der Waals surface area contributed by atoms with Crippen LogP contribution in [-0.4, -0.2) is 29.0 Å². The molecule has 0 aliphatic carbocycles. The fourth-order valence-corrected chi connectivity index (χ4v) is 1.65. The number of hydrogen-bond donors (Lipinski definition) is 1. The lowest BCUT2D eigenvalue weighted by Crippen LogP contribution is -2.22.